The molecule has 4 N–H and O–H groups in total. The standard InChI is InChI=1S/C14H13ClFN5O5/c15-8-6-7(3-4-9(8)16)18-13(19-24)11-14(21-26-20-11)25-5-1-2-10(22)12(17)23/h3-4,6,24H,1-2,5H2,(H2,17,23)(H,18,19). The van der Waals surface area contributed by atoms with Gasteiger partial charge in [-0.3, -0.25) is 20.3 Å². The van der Waals surface area contributed by atoms with E-state index in [1.54, 1.807) is 5.48 Å². The number of rotatable bonds is 8. The quantitative estimate of drug-likeness (QED) is 0.201. The maximum Gasteiger partial charge on any atom is 0.287 e. The second kappa shape index (κ2) is 8.87. The lowest BCUT2D eigenvalue weighted by atomic mass is 10.2. The zero-order valence-electron chi connectivity index (χ0n) is 13.1. The van der Waals surface area contributed by atoms with Crippen LogP contribution in [0.3, 0.4) is 0 Å². The van der Waals surface area contributed by atoms with Gasteiger partial charge in [-0.05, 0) is 34.9 Å². The zero-order chi connectivity index (χ0) is 19.1. The summed E-state index contributed by atoms with van der Waals surface area (Å²) in [7, 11) is 0. The van der Waals surface area contributed by atoms with Crippen molar-refractivity contribution in [2.24, 2.45) is 10.7 Å². The zero-order valence-corrected chi connectivity index (χ0v) is 13.9. The summed E-state index contributed by atoms with van der Waals surface area (Å²) in [6.45, 7) is 0.00131. The molecule has 2 aromatic rings. The summed E-state index contributed by atoms with van der Waals surface area (Å²) in [6.07, 6.45) is 0.101. The Labute approximate surface area is 150 Å². The van der Waals surface area contributed by atoms with Gasteiger partial charge in [0, 0.05) is 6.42 Å². The van der Waals surface area contributed by atoms with Crippen LogP contribution in [-0.2, 0) is 9.59 Å². The smallest absolute Gasteiger partial charge is 0.287 e. The van der Waals surface area contributed by atoms with Crippen LogP contribution in [0.25, 0.3) is 0 Å². The van der Waals surface area contributed by atoms with Crippen LogP contribution in [-0.4, -0.2) is 39.7 Å². The third-order valence-corrected chi connectivity index (χ3v) is 3.28. The van der Waals surface area contributed by atoms with Crippen molar-refractivity contribution in [1.82, 2.24) is 15.8 Å². The van der Waals surface area contributed by atoms with Crippen LogP contribution in [0.2, 0.25) is 5.02 Å². The van der Waals surface area contributed by atoms with E-state index in [9.17, 15) is 19.2 Å². The van der Waals surface area contributed by atoms with Crippen LogP contribution in [0, 0.1) is 5.82 Å². The number of nitrogens with zero attached hydrogens (tertiary/aromatic N) is 3. The molecule has 138 valence electrons. The van der Waals surface area contributed by atoms with Crippen molar-refractivity contribution in [3.05, 3.63) is 34.7 Å². The molecule has 0 aliphatic carbocycles. The van der Waals surface area contributed by atoms with Crippen molar-refractivity contribution >= 4 is 34.8 Å². The molecule has 0 atom stereocenters. The molecule has 0 saturated heterocycles. The molecule has 0 unspecified atom stereocenters. The molecule has 0 radical (unpaired) electrons. The molecule has 26 heavy (non-hydrogen) atoms. The van der Waals surface area contributed by atoms with Crippen molar-refractivity contribution < 1.29 is 28.6 Å². The minimum Gasteiger partial charge on any atom is -0.474 e. The number of ketones is 1. The number of hydrogen-bond donors (Lipinski definition) is 3. The van der Waals surface area contributed by atoms with E-state index in [1.807, 2.05) is 0 Å². The Morgan fingerprint density at radius 3 is 2.85 bits per heavy atom. The lowest BCUT2D eigenvalue weighted by molar-refractivity contribution is -0.136. The van der Waals surface area contributed by atoms with Gasteiger partial charge >= 0.3 is 0 Å². The number of Topliss-reactive ketones (excluding diaryl/α,β-unsaturated/α-hetero) is 1. The molecule has 10 nitrogen and oxygen atoms in total. The van der Waals surface area contributed by atoms with Crippen LogP contribution in [0.15, 0.2) is 27.8 Å². The number of ether oxygens (including phenoxy) is 1. The van der Waals surface area contributed by atoms with Crippen molar-refractivity contribution in [3.8, 4) is 5.88 Å². The first-order chi connectivity index (χ1) is 12.4. The molecule has 0 saturated carbocycles. The summed E-state index contributed by atoms with van der Waals surface area (Å²) in [5.74, 6) is -2.69. The van der Waals surface area contributed by atoms with Gasteiger partial charge in [-0.15, -0.1) is 0 Å². The van der Waals surface area contributed by atoms with E-state index < -0.39 is 17.5 Å². The molecule has 1 aromatic carbocycles. The monoisotopic (exact) mass is 385 g/mol. The van der Waals surface area contributed by atoms with E-state index in [-0.39, 0.29) is 47.6 Å². The van der Waals surface area contributed by atoms with Crippen molar-refractivity contribution in [1.29, 1.82) is 0 Å². The fraction of sp³-hybridized carbons (Fsp3) is 0.214. The first-order valence-electron chi connectivity index (χ1n) is 7.14. The van der Waals surface area contributed by atoms with Gasteiger partial charge in [0.2, 0.25) is 11.5 Å². The number of hydroxylamine groups is 1. The van der Waals surface area contributed by atoms with Gasteiger partial charge in [-0.1, -0.05) is 11.6 Å². The maximum absolute atomic E-state index is 13.2. The van der Waals surface area contributed by atoms with Crippen molar-refractivity contribution in [3.63, 3.8) is 0 Å². The second-order valence-electron chi connectivity index (χ2n) is 4.83. The van der Waals surface area contributed by atoms with Gasteiger partial charge in [-0.2, -0.15) is 0 Å². The average Bonchev–Trinajstić information content (AvgIpc) is 3.07. The highest BCUT2D eigenvalue weighted by Crippen LogP contribution is 2.23. The van der Waals surface area contributed by atoms with Gasteiger partial charge < -0.3 is 10.5 Å². The molecule has 0 spiro atoms. The van der Waals surface area contributed by atoms with Crippen LogP contribution in [0.5, 0.6) is 5.88 Å². The SMILES string of the molecule is NC(=O)C(=O)CCCOc1nonc1C(=Nc1ccc(F)c(Cl)c1)NO. The van der Waals surface area contributed by atoms with E-state index in [1.165, 1.54) is 12.1 Å². The van der Waals surface area contributed by atoms with E-state index >= 15 is 0 Å². The number of amides is 1. The molecule has 1 heterocycles. The third-order valence-electron chi connectivity index (χ3n) is 2.99. The normalized spacial score (nSPS) is 11.3. The highest BCUT2D eigenvalue weighted by Gasteiger charge is 2.18. The Morgan fingerprint density at radius 2 is 2.19 bits per heavy atom. The Hall–Kier alpha value is -3.05. The number of hydrogen-bond acceptors (Lipinski definition) is 8. The van der Waals surface area contributed by atoms with E-state index in [4.69, 9.17) is 22.1 Å². The maximum atomic E-state index is 13.2. The van der Waals surface area contributed by atoms with E-state index in [2.05, 4.69) is 19.9 Å². The predicted molar refractivity (Wildman–Crippen MR) is 85.8 cm³/mol. The van der Waals surface area contributed by atoms with Gasteiger partial charge in [0.05, 0.1) is 17.3 Å². The summed E-state index contributed by atoms with van der Waals surface area (Å²) in [5.41, 5.74) is 6.78. The fourth-order valence-electron chi connectivity index (χ4n) is 1.76. The number of carbonyl (C=O) groups is 2. The second-order valence-corrected chi connectivity index (χ2v) is 5.24. The largest absolute Gasteiger partial charge is 0.474 e. The molecular weight excluding hydrogens is 373 g/mol. The lowest BCUT2D eigenvalue weighted by Crippen LogP contribution is -2.23. The van der Waals surface area contributed by atoms with Crippen molar-refractivity contribution in [2.45, 2.75) is 12.8 Å². The molecule has 1 amide bonds. The van der Waals surface area contributed by atoms with Gasteiger partial charge in [0.15, 0.2) is 5.84 Å². The molecule has 12 heteroatoms. The lowest BCUT2D eigenvalue weighted by Gasteiger charge is -2.05. The number of aliphatic imine (C=N–C) groups is 1. The molecule has 0 aliphatic rings. The summed E-state index contributed by atoms with van der Waals surface area (Å²) in [4.78, 5) is 25.7. The van der Waals surface area contributed by atoms with Gasteiger partial charge in [0.1, 0.15) is 5.82 Å². The Kier molecular flexibility index (Phi) is 6.58. The molecule has 0 bridgehead atoms. The number of nitrogens with two attached hydrogens (primary N) is 1. The number of carbonyl (C=O) groups excluding carboxylic acids is 2. The average molecular weight is 386 g/mol. The first-order valence-corrected chi connectivity index (χ1v) is 7.52. The number of amidine groups is 1. The Balaban J connectivity index is 2.08. The van der Waals surface area contributed by atoms with Gasteiger partial charge in [-0.25, -0.2) is 14.0 Å². The van der Waals surface area contributed by atoms with Crippen LogP contribution < -0.4 is 16.0 Å². The molecule has 1 aromatic heterocycles. The molecule has 0 fully saturated rings. The highest BCUT2D eigenvalue weighted by atomic mass is 35.5. The molecule has 2 rings (SSSR count). The van der Waals surface area contributed by atoms with Gasteiger partial charge in [0.25, 0.3) is 11.8 Å². The fourth-order valence-corrected chi connectivity index (χ4v) is 1.93. The predicted octanol–water partition coefficient (Wildman–Crippen LogP) is 1.13. The minimum absolute atomic E-state index is 0.00131. The first kappa shape index (κ1) is 19.3. The number of nitrogens with one attached hydrogen (secondary N) is 1. The number of benzene rings is 1. The van der Waals surface area contributed by atoms with Crippen LogP contribution in [0.1, 0.15) is 18.5 Å². The van der Waals surface area contributed by atoms with E-state index in [0.29, 0.717) is 0 Å². The number of primary amides is 1. The van der Waals surface area contributed by atoms with Crippen molar-refractivity contribution in [2.75, 3.05) is 6.61 Å². The Morgan fingerprint density at radius 1 is 1.42 bits per heavy atom. The summed E-state index contributed by atoms with van der Waals surface area (Å²) < 4.78 is 23.0. The van der Waals surface area contributed by atoms with E-state index in [0.717, 1.165) is 6.07 Å². The highest BCUT2D eigenvalue weighted by molar-refractivity contribution is 6.35. The summed E-state index contributed by atoms with van der Waals surface area (Å²) in [6, 6.07) is 3.66. The third kappa shape index (κ3) is 4.97. The topological polar surface area (TPSA) is 153 Å². The van der Waals surface area contributed by atoms with Crippen LogP contribution in [0.4, 0.5) is 10.1 Å². The summed E-state index contributed by atoms with van der Waals surface area (Å²) >= 11 is 5.67. The molecule has 0 aliphatic heterocycles. The van der Waals surface area contributed by atoms with Crippen LogP contribution >= 0.6 is 11.6 Å². The number of aromatic nitrogens is 2. The minimum atomic E-state index is -1.02. The Bertz CT molecular complexity index is 841. The molecular formula is C14H13ClFN5O5. The number of halogens is 2. The summed E-state index contributed by atoms with van der Waals surface area (Å²) in [5, 5.41) is 16.2.